The summed E-state index contributed by atoms with van der Waals surface area (Å²) in [6, 6.07) is 4.41. The summed E-state index contributed by atoms with van der Waals surface area (Å²) in [5.41, 5.74) is 0.844. The average Bonchev–Trinajstić information content (AvgIpc) is 2.78. The summed E-state index contributed by atoms with van der Waals surface area (Å²) in [5.74, 6) is 0. The van der Waals surface area contributed by atoms with Crippen LogP contribution in [0, 0.1) is 0 Å². The fourth-order valence-electron chi connectivity index (χ4n) is 2.34. The van der Waals surface area contributed by atoms with Gasteiger partial charge in [0, 0.05) is 12.1 Å². The van der Waals surface area contributed by atoms with E-state index >= 15 is 0 Å². The standard InChI is InChI=1S/C13H17Cl3N2/c1-8(5-9-3-2-4-17-9)18-13-7-11(15)10(14)6-12(13)16/h6-9,17-18H,2-5H2,1H3. The number of hydrogen-bond acceptors (Lipinski definition) is 2. The van der Waals surface area contributed by atoms with Crippen LogP contribution in [0.25, 0.3) is 0 Å². The van der Waals surface area contributed by atoms with Crippen molar-refractivity contribution in [1.29, 1.82) is 0 Å². The zero-order valence-electron chi connectivity index (χ0n) is 10.3. The Morgan fingerprint density at radius 1 is 1.28 bits per heavy atom. The van der Waals surface area contributed by atoms with E-state index in [9.17, 15) is 0 Å². The molecule has 2 nitrogen and oxygen atoms in total. The molecule has 18 heavy (non-hydrogen) atoms. The first-order valence-electron chi connectivity index (χ1n) is 6.20. The Balaban J connectivity index is 1.97. The summed E-state index contributed by atoms with van der Waals surface area (Å²) in [4.78, 5) is 0. The molecule has 2 rings (SSSR count). The van der Waals surface area contributed by atoms with Gasteiger partial charge in [0.15, 0.2) is 0 Å². The van der Waals surface area contributed by atoms with Gasteiger partial charge in [-0.25, -0.2) is 0 Å². The first kappa shape index (κ1) is 14.3. The number of nitrogens with one attached hydrogen (secondary N) is 2. The summed E-state index contributed by atoms with van der Waals surface area (Å²) < 4.78 is 0. The van der Waals surface area contributed by atoms with Gasteiger partial charge >= 0.3 is 0 Å². The Morgan fingerprint density at radius 2 is 2.00 bits per heavy atom. The molecule has 1 aliphatic rings. The maximum atomic E-state index is 6.14. The van der Waals surface area contributed by atoms with Crippen LogP contribution in [0.15, 0.2) is 12.1 Å². The van der Waals surface area contributed by atoms with Gasteiger partial charge in [0.2, 0.25) is 0 Å². The van der Waals surface area contributed by atoms with Crippen molar-refractivity contribution in [1.82, 2.24) is 5.32 Å². The molecule has 0 bridgehead atoms. The van der Waals surface area contributed by atoms with E-state index in [2.05, 4.69) is 17.6 Å². The molecule has 0 aromatic heterocycles. The number of benzene rings is 1. The van der Waals surface area contributed by atoms with Crippen molar-refractivity contribution in [2.24, 2.45) is 0 Å². The van der Waals surface area contributed by atoms with E-state index in [0.29, 0.717) is 27.2 Å². The van der Waals surface area contributed by atoms with Crippen molar-refractivity contribution in [3.63, 3.8) is 0 Å². The first-order valence-corrected chi connectivity index (χ1v) is 7.34. The molecule has 0 aliphatic carbocycles. The minimum absolute atomic E-state index is 0.343. The molecule has 1 saturated heterocycles. The third-order valence-corrected chi connectivity index (χ3v) is 4.25. The molecule has 5 heteroatoms. The van der Waals surface area contributed by atoms with Gasteiger partial charge in [0.05, 0.1) is 20.8 Å². The van der Waals surface area contributed by atoms with Gasteiger partial charge < -0.3 is 10.6 Å². The third-order valence-electron chi connectivity index (χ3n) is 3.21. The maximum Gasteiger partial charge on any atom is 0.0653 e. The number of hydrogen-bond donors (Lipinski definition) is 2. The second-order valence-corrected chi connectivity index (χ2v) is 6.04. The summed E-state index contributed by atoms with van der Waals surface area (Å²) in [6.07, 6.45) is 3.60. The Morgan fingerprint density at radius 3 is 2.67 bits per heavy atom. The molecule has 0 spiro atoms. The molecular weight excluding hydrogens is 291 g/mol. The van der Waals surface area contributed by atoms with Gasteiger partial charge in [-0.15, -0.1) is 0 Å². The highest BCUT2D eigenvalue weighted by Gasteiger charge is 2.17. The number of rotatable bonds is 4. The SMILES string of the molecule is CC(CC1CCCN1)Nc1cc(Cl)c(Cl)cc1Cl. The lowest BCUT2D eigenvalue weighted by atomic mass is 10.1. The fourth-order valence-corrected chi connectivity index (χ4v) is 2.94. The molecule has 1 heterocycles. The van der Waals surface area contributed by atoms with E-state index in [0.717, 1.165) is 18.7 Å². The molecule has 2 atom stereocenters. The Kier molecular flexibility index (Phi) is 5.02. The van der Waals surface area contributed by atoms with Gasteiger partial charge in [-0.3, -0.25) is 0 Å². The van der Waals surface area contributed by atoms with Crippen molar-refractivity contribution >= 4 is 40.5 Å². The third kappa shape index (κ3) is 3.67. The van der Waals surface area contributed by atoms with E-state index in [-0.39, 0.29) is 0 Å². The molecule has 100 valence electrons. The molecule has 1 fully saturated rings. The van der Waals surface area contributed by atoms with E-state index in [1.165, 1.54) is 12.8 Å². The van der Waals surface area contributed by atoms with Crippen LogP contribution in [0.2, 0.25) is 15.1 Å². The smallest absolute Gasteiger partial charge is 0.0653 e. The van der Waals surface area contributed by atoms with Crippen LogP contribution in [-0.4, -0.2) is 18.6 Å². The van der Waals surface area contributed by atoms with Gasteiger partial charge in [0.25, 0.3) is 0 Å². The van der Waals surface area contributed by atoms with Crippen LogP contribution in [0.1, 0.15) is 26.2 Å². The normalized spacial score (nSPS) is 21.0. The molecule has 2 N–H and O–H groups in total. The quantitative estimate of drug-likeness (QED) is 0.795. The second kappa shape index (κ2) is 6.33. The van der Waals surface area contributed by atoms with Gasteiger partial charge in [-0.1, -0.05) is 34.8 Å². The Labute approximate surface area is 123 Å². The summed E-state index contributed by atoms with van der Waals surface area (Å²) >= 11 is 18.0. The highest BCUT2D eigenvalue weighted by atomic mass is 35.5. The van der Waals surface area contributed by atoms with Crippen molar-refractivity contribution in [3.8, 4) is 0 Å². The topological polar surface area (TPSA) is 24.1 Å². The van der Waals surface area contributed by atoms with Crippen molar-refractivity contribution in [3.05, 3.63) is 27.2 Å². The van der Waals surface area contributed by atoms with Gasteiger partial charge in [-0.2, -0.15) is 0 Å². The fraction of sp³-hybridized carbons (Fsp3) is 0.538. The lowest BCUT2D eigenvalue weighted by Crippen LogP contribution is -2.29. The minimum atomic E-state index is 0.343. The predicted molar refractivity (Wildman–Crippen MR) is 80.2 cm³/mol. The number of anilines is 1. The molecule has 1 aliphatic heterocycles. The van der Waals surface area contributed by atoms with Gasteiger partial charge in [-0.05, 0) is 44.9 Å². The van der Waals surface area contributed by atoms with Gasteiger partial charge in [0.1, 0.15) is 0 Å². The summed E-state index contributed by atoms with van der Waals surface area (Å²) in [7, 11) is 0. The minimum Gasteiger partial charge on any atom is -0.381 e. The molecule has 2 unspecified atom stereocenters. The van der Waals surface area contributed by atoms with Crippen LogP contribution in [0.4, 0.5) is 5.69 Å². The molecule has 0 amide bonds. The lowest BCUT2D eigenvalue weighted by molar-refractivity contribution is 0.523. The summed E-state index contributed by atoms with van der Waals surface area (Å²) in [5, 5.41) is 8.49. The van der Waals surface area contributed by atoms with Crippen molar-refractivity contribution in [2.45, 2.75) is 38.3 Å². The molecule has 0 radical (unpaired) electrons. The van der Waals surface area contributed by atoms with Crippen molar-refractivity contribution < 1.29 is 0 Å². The predicted octanol–water partition coefficient (Wildman–Crippen LogP) is 4.59. The zero-order chi connectivity index (χ0) is 13.1. The van der Waals surface area contributed by atoms with Crippen molar-refractivity contribution in [2.75, 3.05) is 11.9 Å². The number of halogens is 3. The highest BCUT2D eigenvalue weighted by molar-refractivity contribution is 6.44. The first-order chi connectivity index (χ1) is 8.56. The Hall–Kier alpha value is -0.150. The van der Waals surface area contributed by atoms with Crippen LogP contribution in [-0.2, 0) is 0 Å². The summed E-state index contributed by atoms with van der Waals surface area (Å²) in [6.45, 7) is 3.28. The Bertz CT molecular complexity index is 417. The van der Waals surface area contributed by atoms with Crippen LogP contribution in [0.5, 0.6) is 0 Å². The van der Waals surface area contributed by atoms with Crippen LogP contribution >= 0.6 is 34.8 Å². The zero-order valence-corrected chi connectivity index (χ0v) is 12.5. The highest BCUT2D eigenvalue weighted by Crippen LogP contribution is 2.32. The van der Waals surface area contributed by atoms with Crippen LogP contribution < -0.4 is 10.6 Å². The largest absolute Gasteiger partial charge is 0.381 e. The van der Waals surface area contributed by atoms with E-state index in [1.54, 1.807) is 12.1 Å². The monoisotopic (exact) mass is 306 g/mol. The lowest BCUT2D eigenvalue weighted by Gasteiger charge is -2.20. The molecular formula is C13H17Cl3N2. The molecule has 1 aromatic carbocycles. The second-order valence-electron chi connectivity index (χ2n) is 4.82. The van der Waals surface area contributed by atoms with E-state index < -0.39 is 0 Å². The van der Waals surface area contributed by atoms with E-state index in [1.807, 2.05) is 0 Å². The maximum absolute atomic E-state index is 6.14. The molecule has 0 saturated carbocycles. The average molecular weight is 308 g/mol. The van der Waals surface area contributed by atoms with E-state index in [4.69, 9.17) is 34.8 Å². The van der Waals surface area contributed by atoms with Crippen LogP contribution in [0.3, 0.4) is 0 Å². The molecule has 1 aromatic rings.